The Kier molecular flexibility index (Phi) is 7.47. The average Bonchev–Trinajstić information content (AvgIpc) is 3.24. The molecule has 10 nitrogen and oxygen atoms in total. The maximum atomic E-state index is 14.8. The van der Waals surface area contributed by atoms with Crippen LogP contribution in [-0.4, -0.2) is 55.6 Å². The zero-order valence-electron chi connectivity index (χ0n) is 23.6. The maximum absolute atomic E-state index is 14.8. The lowest BCUT2D eigenvalue weighted by Crippen LogP contribution is -2.52. The van der Waals surface area contributed by atoms with Gasteiger partial charge in [-0.05, 0) is 38.7 Å². The molecule has 2 saturated heterocycles. The number of carbonyl (C=O) groups excluding carboxylic acids is 2. The van der Waals surface area contributed by atoms with Gasteiger partial charge in [0.1, 0.15) is 22.8 Å². The molecule has 4 atom stereocenters. The number of hydroxylamine groups is 2. The molecule has 2 amide bonds. The van der Waals surface area contributed by atoms with Crippen molar-refractivity contribution in [2.24, 2.45) is 5.73 Å². The van der Waals surface area contributed by atoms with Crippen molar-refractivity contribution in [2.45, 2.75) is 70.0 Å². The maximum Gasteiger partial charge on any atom is 0.274 e. The van der Waals surface area contributed by atoms with E-state index >= 15 is 0 Å². The monoisotopic (exact) mass is 613 g/mol. The van der Waals surface area contributed by atoms with Crippen molar-refractivity contribution in [1.82, 2.24) is 19.5 Å². The number of nitrogens with zero attached hydrogens (tertiary/aromatic N) is 4. The minimum absolute atomic E-state index is 0.00988. The Morgan fingerprint density at radius 3 is 2.67 bits per heavy atom. The second kappa shape index (κ2) is 11.0. The van der Waals surface area contributed by atoms with Crippen LogP contribution in [0.1, 0.15) is 71.3 Å². The van der Waals surface area contributed by atoms with Crippen molar-refractivity contribution in [2.75, 3.05) is 6.54 Å². The van der Waals surface area contributed by atoms with Gasteiger partial charge in [-0.3, -0.25) is 24.2 Å². The number of aromatic nitrogens is 2. The SMILES string of the molecule is CC1C[C@]2(CC[C@H](C)N3C[C@H]2n2cc(C(N)=O)c(=O)c(OCc4ccccc4)c2C3=O)ON1Cc1ncc(F)c(Cl)c1F. The Bertz CT molecular complexity index is 1670. The van der Waals surface area contributed by atoms with E-state index in [1.54, 1.807) is 14.5 Å². The van der Waals surface area contributed by atoms with Gasteiger partial charge in [-0.15, -0.1) is 0 Å². The summed E-state index contributed by atoms with van der Waals surface area (Å²) in [6, 6.07) is 8.14. The minimum atomic E-state index is -0.962. The summed E-state index contributed by atoms with van der Waals surface area (Å²) in [7, 11) is 0. The fourth-order valence-corrected chi connectivity index (χ4v) is 6.56. The van der Waals surface area contributed by atoms with Crippen molar-refractivity contribution in [3.05, 3.63) is 92.1 Å². The number of nitrogens with two attached hydrogens (primary N) is 1. The van der Waals surface area contributed by atoms with E-state index in [1.165, 1.54) is 6.20 Å². The van der Waals surface area contributed by atoms with Crippen molar-refractivity contribution in [1.29, 1.82) is 0 Å². The molecule has 2 fully saturated rings. The average molecular weight is 614 g/mol. The predicted molar refractivity (Wildman–Crippen MR) is 151 cm³/mol. The standard InChI is InChI=1S/C30H30ClF2N5O5/c1-16-8-9-30(10-17(2)38(43-30)13-21-24(33)23(31)20(32)11-35-21)22-14-36(16)29(41)25-27(42-15-18-6-4-3-5-7-18)26(39)19(28(34)40)12-37(22)25/h3-7,11-12,16-17,22H,8-10,13-15H2,1-2H3,(H2,34,40)/t16-,17?,22+,30-/m0/s1. The second-order valence-corrected chi connectivity index (χ2v) is 11.8. The van der Waals surface area contributed by atoms with Gasteiger partial charge in [-0.1, -0.05) is 41.9 Å². The van der Waals surface area contributed by atoms with Crippen molar-refractivity contribution < 1.29 is 27.9 Å². The lowest BCUT2D eigenvalue weighted by atomic mass is 9.84. The van der Waals surface area contributed by atoms with Gasteiger partial charge in [-0.25, -0.2) is 8.78 Å². The van der Waals surface area contributed by atoms with Crippen LogP contribution in [-0.2, 0) is 18.0 Å². The van der Waals surface area contributed by atoms with Crippen molar-refractivity contribution in [3.8, 4) is 5.75 Å². The first-order valence-electron chi connectivity index (χ1n) is 14.0. The predicted octanol–water partition coefficient (Wildman–Crippen LogP) is 4.00. The molecule has 2 bridgehead atoms. The number of halogens is 3. The Morgan fingerprint density at radius 1 is 1.21 bits per heavy atom. The third kappa shape index (κ3) is 4.96. The van der Waals surface area contributed by atoms with Crippen LogP contribution in [0.15, 0.2) is 47.5 Å². The summed E-state index contributed by atoms with van der Waals surface area (Å²) in [5, 5.41) is 0.941. The third-order valence-corrected chi connectivity index (χ3v) is 9.05. The number of amides is 2. The number of benzene rings is 1. The van der Waals surface area contributed by atoms with E-state index in [1.807, 2.05) is 44.2 Å². The number of rotatable bonds is 6. The molecule has 3 aliphatic rings. The number of pyridine rings is 2. The van der Waals surface area contributed by atoms with Crippen LogP contribution in [0.5, 0.6) is 5.75 Å². The highest BCUT2D eigenvalue weighted by Gasteiger charge is 2.56. The highest BCUT2D eigenvalue weighted by molar-refractivity contribution is 6.30. The van der Waals surface area contributed by atoms with E-state index in [2.05, 4.69) is 4.98 Å². The lowest BCUT2D eigenvalue weighted by Gasteiger charge is -2.43. The molecule has 1 unspecified atom stereocenters. The summed E-state index contributed by atoms with van der Waals surface area (Å²) in [4.78, 5) is 52.1. The van der Waals surface area contributed by atoms with E-state index in [-0.39, 0.29) is 54.5 Å². The van der Waals surface area contributed by atoms with E-state index in [0.717, 1.165) is 11.8 Å². The van der Waals surface area contributed by atoms with Crippen LogP contribution in [0, 0.1) is 11.6 Å². The molecule has 0 aliphatic carbocycles. The van der Waals surface area contributed by atoms with Crippen LogP contribution < -0.4 is 15.9 Å². The lowest BCUT2D eigenvalue weighted by molar-refractivity contribution is -0.226. The quantitative estimate of drug-likeness (QED) is 0.446. The fraction of sp³-hybridized carbons (Fsp3) is 0.400. The Morgan fingerprint density at radius 2 is 1.95 bits per heavy atom. The van der Waals surface area contributed by atoms with E-state index in [4.69, 9.17) is 26.9 Å². The Labute approximate surface area is 250 Å². The van der Waals surface area contributed by atoms with Gasteiger partial charge in [0.2, 0.25) is 5.43 Å². The van der Waals surface area contributed by atoms with Gasteiger partial charge in [0.15, 0.2) is 23.1 Å². The number of carbonyl (C=O) groups is 2. The molecule has 1 aromatic carbocycles. The number of primary amides is 1. The zero-order valence-corrected chi connectivity index (χ0v) is 24.3. The molecule has 0 saturated carbocycles. The van der Waals surface area contributed by atoms with Crippen LogP contribution in [0.2, 0.25) is 5.02 Å². The number of fused-ring (bicyclic) bond motifs is 5. The first kappa shape index (κ1) is 29.2. The van der Waals surface area contributed by atoms with E-state index in [0.29, 0.717) is 19.3 Å². The van der Waals surface area contributed by atoms with Crippen molar-refractivity contribution >= 4 is 23.4 Å². The molecule has 2 N–H and O–H groups in total. The zero-order chi connectivity index (χ0) is 30.6. The number of hydrogen-bond donors (Lipinski definition) is 1. The Hall–Kier alpha value is -3.87. The first-order valence-corrected chi connectivity index (χ1v) is 14.4. The third-order valence-electron chi connectivity index (χ3n) is 8.70. The van der Waals surface area contributed by atoms with Crippen LogP contribution in [0.4, 0.5) is 8.78 Å². The molecular formula is C30H30ClF2N5O5. The minimum Gasteiger partial charge on any atom is -0.483 e. The van der Waals surface area contributed by atoms with Crippen LogP contribution in [0.3, 0.4) is 0 Å². The molecule has 2 aromatic heterocycles. The highest BCUT2D eigenvalue weighted by atomic mass is 35.5. The topological polar surface area (TPSA) is 120 Å². The fourth-order valence-electron chi connectivity index (χ4n) is 6.40. The summed E-state index contributed by atoms with van der Waals surface area (Å²) in [6.45, 7) is 3.97. The molecule has 5 heterocycles. The summed E-state index contributed by atoms with van der Waals surface area (Å²) < 4.78 is 36.1. The normalized spacial score (nSPS) is 25.1. The molecule has 13 heteroatoms. The van der Waals surface area contributed by atoms with Gasteiger partial charge in [-0.2, -0.15) is 5.06 Å². The highest BCUT2D eigenvalue weighted by Crippen LogP contribution is 2.49. The second-order valence-electron chi connectivity index (χ2n) is 11.4. The summed E-state index contributed by atoms with van der Waals surface area (Å²) in [5.41, 5.74) is 4.35. The smallest absolute Gasteiger partial charge is 0.274 e. The van der Waals surface area contributed by atoms with Crippen LogP contribution in [0.25, 0.3) is 0 Å². The van der Waals surface area contributed by atoms with Gasteiger partial charge >= 0.3 is 0 Å². The van der Waals surface area contributed by atoms with Gasteiger partial charge in [0.25, 0.3) is 11.8 Å². The summed E-state index contributed by atoms with van der Waals surface area (Å²) >= 11 is 5.79. The van der Waals surface area contributed by atoms with E-state index < -0.39 is 45.5 Å². The van der Waals surface area contributed by atoms with Gasteiger partial charge in [0, 0.05) is 24.8 Å². The van der Waals surface area contributed by atoms with Gasteiger partial charge < -0.3 is 19.9 Å². The number of hydrogen-bond acceptors (Lipinski definition) is 7. The molecule has 3 aliphatic heterocycles. The van der Waals surface area contributed by atoms with E-state index in [9.17, 15) is 23.2 Å². The molecular weight excluding hydrogens is 584 g/mol. The molecule has 6 rings (SSSR count). The molecule has 226 valence electrons. The summed E-state index contributed by atoms with van der Waals surface area (Å²) in [5.74, 6) is -3.52. The van der Waals surface area contributed by atoms with Crippen molar-refractivity contribution in [3.63, 3.8) is 0 Å². The molecule has 3 aromatic rings. The molecule has 43 heavy (non-hydrogen) atoms. The number of ether oxygens (including phenoxy) is 1. The largest absolute Gasteiger partial charge is 0.483 e. The Balaban J connectivity index is 1.44. The first-order chi connectivity index (χ1) is 20.5. The molecule has 1 spiro atoms. The van der Waals surface area contributed by atoms with Crippen LogP contribution >= 0.6 is 11.6 Å². The summed E-state index contributed by atoms with van der Waals surface area (Å²) in [6.07, 6.45) is 3.76. The molecule has 0 radical (unpaired) electrons. The van der Waals surface area contributed by atoms with Gasteiger partial charge in [0.05, 0.1) is 24.5 Å².